The Morgan fingerprint density at radius 2 is 0.677 bits per heavy atom. The lowest BCUT2D eigenvalue weighted by atomic mass is 9.77. The third kappa shape index (κ3) is 9.67. The molecule has 0 amide bonds. The third-order valence-corrected chi connectivity index (χ3v) is 11.7. The van der Waals surface area contributed by atoms with Crippen molar-refractivity contribution in [2.45, 2.75) is 0 Å². The number of halogens is 2. The van der Waals surface area contributed by atoms with Crippen molar-refractivity contribution in [1.82, 2.24) is 0 Å². The van der Waals surface area contributed by atoms with Gasteiger partial charge in [0.15, 0.2) is 0 Å². The fraction of sp³-hybridized carbons (Fsp3) is 0.0769. The normalized spacial score (nSPS) is 13.4. The Labute approximate surface area is 381 Å². The Kier molecular flexibility index (Phi) is 13.4. The average molecular weight is 940 g/mol. The molecule has 8 aromatic carbocycles. The van der Waals surface area contributed by atoms with Gasteiger partial charge in [-0.15, -0.1) is 0 Å². The molecule has 8 aromatic rings. The van der Waals surface area contributed by atoms with Crippen LogP contribution >= 0.6 is 31.9 Å². The van der Waals surface area contributed by atoms with E-state index in [2.05, 4.69) is 224 Å². The summed E-state index contributed by atoms with van der Waals surface area (Å²) in [4.78, 5) is 4.58. The zero-order valence-electron chi connectivity index (χ0n) is 33.9. The van der Waals surface area contributed by atoms with E-state index in [-0.39, 0.29) is 14.2 Å². The van der Waals surface area contributed by atoms with Crippen LogP contribution < -0.4 is 20.7 Å². The molecule has 0 atom stereocenters. The first-order valence-electron chi connectivity index (χ1n) is 20.7. The van der Waals surface area contributed by atoms with Crippen LogP contribution in [0.1, 0.15) is 0 Å². The Morgan fingerprint density at radius 3 is 1.11 bits per heavy atom. The van der Waals surface area contributed by atoms with Crippen molar-refractivity contribution in [3.8, 4) is 22.3 Å². The average Bonchev–Trinajstić information content (AvgIpc) is 4.09. The summed E-state index contributed by atoms with van der Waals surface area (Å²) >= 11 is 7.19. The molecular formula is C52H42B2Br2N2O4. The van der Waals surface area contributed by atoms with Crippen LogP contribution in [0.25, 0.3) is 22.3 Å². The van der Waals surface area contributed by atoms with Crippen molar-refractivity contribution in [2.24, 2.45) is 0 Å². The third-order valence-electron chi connectivity index (χ3n) is 10.7. The molecule has 2 aliphatic heterocycles. The van der Waals surface area contributed by atoms with Crippen molar-refractivity contribution >= 4 is 91.1 Å². The number of para-hydroxylation sites is 4. The summed E-state index contributed by atoms with van der Waals surface area (Å²) in [6.07, 6.45) is 0. The summed E-state index contributed by atoms with van der Waals surface area (Å²) in [5, 5.41) is 0. The standard InChI is InChI=1S/C28H25B2NO4.C24H17Br2N/c1-3-7-25(8-4-1)31(26-9-5-2-6-10-26)28-21-24(30-34-19-20-35-30)15-16-27(28)22-11-13-23(14-12-22)29-32-17-18-33-29;25-19-13-11-18(12-14-19)23-16-15-20(26)17-24(23)27(21-7-3-1-4-8-21)22-9-5-2-6-10-22/h1-16,21H,17-20H2;1-17H. The van der Waals surface area contributed by atoms with Crippen molar-refractivity contribution < 1.29 is 18.6 Å². The number of rotatable bonds is 10. The van der Waals surface area contributed by atoms with Gasteiger partial charge in [-0.1, -0.05) is 159 Å². The van der Waals surface area contributed by atoms with Gasteiger partial charge in [0.2, 0.25) is 0 Å². The highest BCUT2D eigenvalue weighted by atomic mass is 79.9. The highest BCUT2D eigenvalue weighted by Crippen LogP contribution is 2.43. The lowest BCUT2D eigenvalue weighted by Crippen LogP contribution is -2.32. The predicted octanol–water partition coefficient (Wildman–Crippen LogP) is 12.7. The molecule has 0 aliphatic carbocycles. The molecule has 0 spiro atoms. The van der Waals surface area contributed by atoms with E-state index in [1.807, 2.05) is 24.3 Å². The van der Waals surface area contributed by atoms with Crippen molar-refractivity contribution in [3.05, 3.63) is 215 Å². The Balaban J connectivity index is 0.000000164. The maximum absolute atomic E-state index is 5.83. The maximum atomic E-state index is 5.83. The van der Waals surface area contributed by atoms with Gasteiger partial charge in [0.05, 0.1) is 37.8 Å². The van der Waals surface area contributed by atoms with E-state index in [1.54, 1.807) is 0 Å². The van der Waals surface area contributed by atoms with Crippen LogP contribution in [0.5, 0.6) is 0 Å². The van der Waals surface area contributed by atoms with Crippen LogP contribution in [-0.2, 0) is 18.6 Å². The Hall–Kier alpha value is -5.71. The van der Waals surface area contributed by atoms with Crippen molar-refractivity contribution in [1.29, 1.82) is 0 Å². The Bertz CT molecular complexity index is 2590. The molecule has 0 unspecified atom stereocenters. The van der Waals surface area contributed by atoms with Crippen LogP contribution in [0, 0.1) is 0 Å². The van der Waals surface area contributed by atoms with Crippen LogP contribution in [0.4, 0.5) is 34.1 Å². The van der Waals surface area contributed by atoms with Gasteiger partial charge in [-0.3, -0.25) is 0 Å². The number of hydrogen-bond donors (Lipinski definition) is 0. The lowest BCUT2D eigenvalue weighted by Gasteiger charge is -2.28. The second-order valence-corrected chi connectivity index (χ2v) is 16.6. The molecule has 6 nitrogen and oxygen atoms in total. The molecule has 10 heteroatoms. The minimum atomic E-state index is -0.352. The molecule has 0 bridgehead atoms. The molecular weight excluding hydrogens is 898 g/mol. The first-order chi connectivity index (χ1) is 30.6. The van der Waals surface area contributed by atoms with Crippen LogP contribution in [-0.4, -0.2) is 40.7 Å². The van der Waals surface area contributed by atoms with Gasteiger partial charge >= 0.3 is 14.2 Å². The fourth-order valence-electron chi connectivity index (χ4n) is 7.77. The van der Waals surface area contributed by atoms with Gasteiger partial charge in [0.1, 0.15) is 0 Å². The van der Waals surface area contributed by atoms with E-state index < -0.39 is 0 Å². The van der Waals surface area contributed by atoms with E-state index in [1.165, 1.54) is 11.1 Å². The molecule has 2 aliphatic rings. The molecule has 62 heavy (non-hydrogen) atoms. The fourth-order valence-corrected chi connectivity index (χ4v) is 8.39. The zero-order valence-corrected chi connectivity index (χ0v) is 37.1. The van der Waals surface area contributed by atoms with Gasteiger partial charge < -0.3 is 28.4 Å². The van der Waals surface area contributed by atoms with E-state index in [4.69, 9.17) is 18.6 Å². The molecule has 0 N–H and O–H groups in total. The topological polar surface area (TPSA) is 43.4 Å². The van der Waals surface area contributed by atoms with E-state index >= 15 is 0 Å². The minimum Gasteiger partial charge on any atom is -0.405 e. The van der Waals surface area contributed by atoms with E-state index in [9.17, 15) is 0 Å². The summed E-state index contributed by atoms with van der Waals surface area (Å²) in [6.45, 7) is 2.48. The first kappa shape index (κ1) is 41.6. The predicted molar refractivity (Wildman–Crippen MR) is 263 cm³/mol. The van der Waals surface area contributed by atoms with Crippen LogP contribution in [0.3, 0.4) is 0 Å². The molecule has 10 rings (SSSR count). The Morgan fingerprint density at radius 1 is 0.339 bits per heavy atom. The minimum absolute atomic E-state index is 0.285. The number of anilines is 6. The molecule has 0 radical (unpaired) electrons. The first-order valence-corrected chi connectivity index (χ1v) is 22.2. The lowest BCUT2D eigenvalue weighted by molar-refractivity contribution is 0.365. The van der Waals surface area contributed by atoms with Gasteiger partial charge in [-0.05, 0) is 101 Å². The van der Waals surface area contributed by atoms with Crippen LogP contribution in [0.15, 0.2) is 215 Å². The van der Waals surface area contributed by atoms with Gasteiger partial charge in [0, 0.05) is 42.8 Å². The zero-order chi connectivity index (χ0) is 42.1. The second-order valence-electron chi connectivity index (χ2n) is 14.7. The smallest absolute Gasteiger partial charge is 0.405 e. The monoisotopic (exact) mass is 938 g/mol. The van der Waals surface area contributed by atoms with Gasteiger partial charge in [0.25, 0.3) is 0 Å². The SMILES string of the molecule is Brc1ccc(-c2ccc(Br)cc2N(c2ccccc2)c2ccccc2)cc1.c1ccc(N(c2ccccc2)c2cc(B3OCCO3)ccc2-c2ccc(B3OCCO3)cc2)cc1. The van der Waals surface area contributed by atoms with E-state index in [0.29, 0.717) is 26.4 Å². The molecule has 0 aromatic heterocycles. The van der Waals surface area contributed by atoms with Crippen molar-refractivity contribution in [3.63, 3.8) is 0 Å². The maximum Gasteiger partial charge on any atom is 0.494 e. The molecule has 2 saturated heterocycles. The van der Waals surface area contributed by atoms with Gasteiger partial charge in [-0.25, -0.2) is 0 Å². The largest absolute Gasteiger partial charge is 0.494 e. The van der Waals surface area contributed by atoms with Gasteiger partial charge in [-0.2, -0.15) is 0 Å². The number of hydrogen-bond acceptors (Lipinski definition) is 6. The number of benzene rings is 8. The molecule has 304 valence electrons. The second kappa shape index (κ2) is 20.0. The van der Waals surface area contributed by atoms with Crippen molar-refractivity contribution in [2.75, 3.05) is 36.2 Å². The molecule has 2 fully saturated rings. The highest BCUT2D eigenvalue weighted by molar-refractivity contribution is 9.10. The summed E-state index contributed by atoms with van der Waals surface area (Å²) < 4.78 is 25.2. The number of nitrogens with zero attached hydrogens (tertiary/aromatic N) is 2. The van der Waals surface area contributed by atoms with Crippen LogP contribution in [0.2, 0.25) is 0 Å². The molecule has 0 saturated carbocycles. The quantitative estimate of drug-likeness (QED) is 0.127. The summed E-state index contributed by atoms with van der Waals surface area (Å²) in [5.41, 5.74) is 13.2. The summed E-state index contributed by atoms with van der Waals surface area (Å²) in [6, 6.07) is 71.5. The van der Waals surface area contributed by atoms with E-state index in [0.717, 1.165) is 65.1 Å². The summed E-state index contributed by atoms with van der Waals surface area (Å²) in [7, 11) is -0.636. The molecule has 2 heterocycles. The summed E-state index contributed by atoms with van der Waals surface area (Å²) in [5.74, 6) is 0. The highest BCUT2D eigenvalue weighted by Gasteiger charge is 2.29.